The second-order valence-corrected chi connectivity index (χ2v) is 7.36. The van der Waals surface area contributed by atoms with Crippen LogP contribution in [0.2, 0.25) is 0 Å². The summed E-state index contributed by atoms with van der Waals surface area (Å²) in [6.07, 6.45) is 0. The van der Waals surface area contributed by atoms with E-state index in [1.165, 1.54) is 5.56 Å². The fourth-order valence-corrected chi connectivity index (χ4v) is 3.68. The Hall–Kier alpha value is -2.99. The largest absolute Gasteiger partial charge is 0.348 e. The zero-order valence-electron chi connectivity index (χ0n) is 18.2. The van der Waals surface area contributed by atoms with E-state index in [0.717, 1.165) is 30.7 Å². The summed E-state index contributed by atoms with van der Waals surface area (Å²) >= 11 is 0. The molecule has 1 heterocycles. The SMILES string of the molecule is CCN(CC)Cc1ccccc1CNC(=O)c1ccc2c(c1)nc(C)c(=O)n2CC. The van der Waals surface area contributed by atoms with Crippen LogP contribution in [-0.2, 0) is 19.6 Å². The molecule has 30 heavy (non-hydrogen) atoms. The van der Waals surface area contributed by atoms with Gasteiger partial charge in [-0.1, -0.05) is 38.1 Å². The summed E-state index contributed by atoms with van der Waals surface area (Å²) in [5, 5.41) is 3.03. The molecule has 3 rings (SSSR count). The van der Waals surface area contributed by atoms with Crippen LogP contribution in [0.25, 0.3) is 11.0 Å². The number of nitrogens with zero attached hydrogens (tertiary/aromatic N) is 3. The number of carbonyl (C=O) groups is 1. The lowest BCUT2D eigenvalue weighted by atomic mass is 10.1. The number of aryl methyl sites for hydroxylation is 2. The number of rotatable bonds is 8. The molecule has 0 radical (unpaired) electrons. The molecule has 0 aliphatic carbocycles. The predicted octanol–water partition coefficient (Wildman–Crippen LogP) is 3.50. The Morgan fingerprint density at radius 1 is 1.07 bits per heavy atom. The van der Waals surface area contributed by atoms with Crippen molar-refractivity contribution in [2.75, 3.05) is 13.1 Å². The minimum Gasteiger partial charge on any atom is -0.348 e. The molecule has 0 saturated carbocycles. The van der Waals surface area contributed by atoms with Crippen LogP contribution in [0.5, 0.6) is 0 Å². The van der Waals surface area contributed by atoms with Crippen LogP contribution in [0.3, 0.4) is 0 Å². The number of fused-ring (bicyclic) bond motifs is 1. The lowest BCUT2D eigenvalue weighted by Crippen LogP contribution is -2.26. The highest BCUT2D eigenvalue weighted by Gasteiger charge is 2.12. The molecular weight excluding hydrogens is 376 g/mol. The Morgan fingerprint density at radius 3 is 2.43 bits per heavy atom. The van der Waals surface area contributed by atoms with Crippen LogP contribution in [0, 0.1) is 6.92 Å². The van der Waals surface area contributed by atoms with Crippen molar-refractivity contribution >= 4 is 16.9 Å². The van der Waals surface area contributed by atoms with E-state index in [4.69, 9.17) is 0 Å². The number of hydrogen-bond acceptors (Lipinski definition) is 4. The molecule has 0 unspecified atom stereocenters. The van der Waals surface area contributed by atoms with E-state index in [1.807, 2.05) is 19.1 Å². The highest BCUT2D eigenvalue weighted by molar-refractivity contribution is 5.97. The lowest BCUT2D eigenvalue weighted by Gasteiger charge is -2.20. The topological polar surface area (TPSA) is 67.2 Å². The van der Waals surface area contributed by atoms with Crippen molar-refractivity contribution in [2.45, 2.75) is 47.3 Å². The monoisotopic (exact) mass is 406 g/mol. The van der Waals surface area contributed by atoms with E-state index < -0.39 is 0 Å². The number of carbonyl (C=O) groups excluding carboxylic acids is 1. The first-order chi connectivity index (χ1) is 14.5. The summed E-state index contributed by atoms with van der Waals surface area (Å²) in [7, 11) is 0. The molecule has 0 fully saturated rings. The smallest absolute Gasteiger partial charge is 0.272 e. The molecule has 1 aromatic heterocycles. The Balaban J connectivity index is 1.80. The van der Waals surface area contributed by atoms with Gasteiger partial charge in [0.15, 0.2) is 0 Å². The molecule has 6 heteroatoms. The molecule has 0 aliphatic rings. The molecule has 1 amide bonds. The fraction of sp³-hybridized carbons (Fsp3) is 0.375. The molecule has 0 saturated heterocycles. The second-order valence-electron chi connectivity index (χ2n) is 7.36. The molecule has 6 nitrogen and oxygen atoms in total. The number of hydrogen-bond donors (Lipinski definition) is 1. The summed E-state index contributed by atoms with van der Waals surface area (Å²) in [5.74, 6) is -0.150. The quantitative estimate of drug-likeness (QED) is 0.622. The molecule has 0 aliphatic heterocycles. The van der Waals surface area contributed by atoms with Crippen LogP contribution in [-0.4, -0.2) is 33.4 Å². The van der Waals surface area contributed by atoms with E-state index in [0.29, 0.717) is 29.9 Å². The van der Waals surface area contributed by atoms with Gasteiger partial charge in [0, 0.05) is 25.2 Å². The first-order valence-corrected chi connectivity index (χ1v) is 10.6. The van der Waals surface area contributed by atoms with Gasteiger partial charge in [-0.05, 0) is 56.3 Å². The Morgan fingerprint density at radius 2 is 1.77 bits per heavy atom. The molecule has 1 N–H and O–H groups in total. The van der Waals surface area contributed by atoms with Gasteiger partial charge < -0.3 is 9.88 Å². The van der Waals surface area contributed by atoms with E-state index in [-0.39, 0.29) is 11.5 Å². The minimum absolute atomic E-state index is 0.0907. The van der Waals surface area contributed by atoms with Crippen molar-refractivity contribution in [2.24, 2.45) is 0 Å². The van der Waals surface area contributed by atoms with Crippen LogP contribution >= 0.6 is 0 Å². The third-order valence-corrected chi connectivity index (χ3v) is 5.53. The van der Waals surface area contributed by atoms with Crippen molar-refractivity contribution in [3.05, 3.63) is 75.2 Å². The maximum absolute atomic E-state index is 12.8. The first kappa shape index (κ1) is 21.7. The van der Waals surface area contributed by atoms with Crippen LogP contribution in [0.1, 0.15) is 48.0 Å². The molecular formula is C24H30N4O2. The van der Waals surface area contributed by atoms with Crippen molar-refractivity contribution in [3.63, 3.8) is 0 Å². The fourth-order valence-electron chi connectivity index (χ4n) is 3.68. The van der Waals surface area contributed by atoms with Gasteiger partial charge in [0.2, 0.25) is 0 Å². The van der Waals surface area contributed by atoms with E-state index in [1.54, 1.807) is 29.7 Å². The first-order valence-electron chi connectivity index (χ1n) is 10.6. The number of nitrogens with one attached hydrogen (secondary N) is 1. The standard InChI is InChI=1S/C24H30N4O2/c1-5-27(6-2)16-20-11-9-8-10-19(20)15-25-23(29)18-12-13-22-21(14-18)26-17(4)24(30)28(22)7-3/h8-14H,5-7,15-16H2,1-4H3,(H,25,29). The number of amides is 1. The van der Waals surface area contributed by atoms with Crippen LogP contribution in [0.15, 0.2) is 47.3 Å². The predicted molar refractivity (Wildman–Crippen MR) is 121 cm³/mol. The Labute approximate surface area is 177 Å². The highest BCUT2D eigenvalue weighted by atomic mass is 16.1. The third kappa shape index (κ3) is 4.60. The van der Waals surface area contributed by atoms with Gasteiger partial charge in [-0.15, -0.1) is 0 Å². The minimum atomic E-state index is -0.150. The molecule has 3 aromatic rings. The van der Waals surface area contributed by atoms with Crippen molar-refractivity contribution in [1.82, 2.24) is 19.8 Å². The zero-order chi connectivity index (χ0) is 21.7. The average Bonchev–Trinajstić information content (AvgIpc) is 2.77. The Kier molecular flexibility index (Phi) is 7.00. The third-order valence-electron chi connectivity index (χ3n) is 5.53. The van der Waals surface area contributed by atoms with Crippen LogP contribution in [0.4, 0.5) is 0 Å². The second kappa shape index (κ2) is 9.67. The number of aromatic nitrogens is 2. The summed E-state index contributed by atoms with van der Waals surface area (Å²) in [6.45, 7) is 11.8. The van der Waals surface area contributed by atoms with Crippen molar-refractivity contribution < 1.29 is 4.79 Å². The van der Waals surface area contributed by atoms with Gasteiger partial charge in [-0.2, -0.15) is 0 Å². The van der Waals surface area contributed by atoms with Crippen LogP contribution < -0.4 is 10.9 Å². The maximum atomic E-state index is 12.8. The molecule has 0 bridgehead atoms. The molecule has 2 aromatic carbocycles. The zero-order valence-corrected chi connectivity index (χ0v) is 18.2. The van der Waals surface area contributed by atoms with Gasteiger partial charge in [-0.25, -0.2) is 4.98 Å². The normalized spacial score (nSPS) is 11.2. The van der Waals surface area contributed by atoms with E-state index in [9.17, 15) is 9.59 Å². The number of benzene rings is 2. The van der Waals surface area contributed by atoms with Gasteiger partial charge >= 0.3 is 0 Å². The van der Waals surface area contributed by atoms with E-state index in [2.05, 4.69) is 41.2 Å². The lowest BCUT2D eigenvalue weighted by molar-refractivity contribution is 0.0951. The van der Waals surface area contributed by atoms with E-state index >= 15 is 0 Å². The molecule has 0 spiro atoms. The summed E-state index contributed by atoms with van der Waals surface area (Å²) in [5.41, 5.74) is 4.63. The Bertz CT molecular complexity index is 1100. The van der Waals surface area contributed by atoms with Gasteiger partial charge in [0.25, 0.3) is 11.5 Å². The summed E-state index contributed by atoms with van der Waals surface area (Å²) in [6, 6.07) is 13.5. The van der Waals surface area contributed by atoms with Gasteiger partial charge in [0.05, 0.1) is 11.0 Å². The van der Waals surface area contributed by atoms with Crippen molar-refractivity contribution in [3.8, 4) is 0 Å². The molecule has 158 valence electrons. The van der Waals surface area contributed by atoms with Gasteiger partial charge in [0.1, 0.15) is 5.69 Å². The summed E-state index contributed by atoms with van der Waals surface area (Å²) < 4.78 is 1.68. The van der Waals surface area contributed by atoms with Crippen molar-refractivity contribution in [1.29, 1.82) is 0 Å². The summed E-state index contributed by atoms with van der Waals surface area (Å²) in [4.78, 5) is 31.8. The highest BCUT2D eigenvalue weighted by Crippen LogP contribution is 2.15. The van der Waals surface area contributed by atoms with Gasteiger partial charge in [-0.3, -0.25) is 14.5 Å². The maximum Gasteiger partial charge on any atom is 0.272 e. The average molecular weight is 407 g/mol. The molecule has 0 atom stereocenters.